The molecule has 10 heteroatoms. The van der Waals surface area contributed by atoms with E-state index in [0.717, 1.165) is 41.9 Å². The lowest BCUT2D eigenvalue weighted by Gasteiger charge is -2.13. The van der Waals surface area contributed by atoms with E-state index >= 15 is 0 Å². The molecule has 0 saturated heterocycles. The van der Waals surface area contributed by atoms with Crippen LogP contribution in [0.5, 0.6) is 5.06 Å². The van der Waals surface area contributed by atoms with E-state index in [1.165, 1.54) is 0 Å². The number of thiophene rings is 1. The Balaban J connectivity index is 1.60. The van der Waals surface area contributed by atoms with Crippen molar-refractivity contribution in [3.63, 3.8) is 0 Å². The quantitative estimate of drug-likeness (QED) is 0.233. The van der Waals surface area contributed by atoms with E-state index in [1.54, 1.807) is 6.07 Å². The molecule has 0 bridgehead atoms. The molecule has 35 heavy (non-hydrogen) atoms. The molecule has 4 aromatic rings. The zero-order chi connectivity index (χ0) is 25.5. The van der Waals surface area contributed by atoms with Gasteiger partial charge in [-0.3, -0.25) is 0 Å². The Kier molecular flexibility index (Phi) is 6.77. The Morgan fingerprint density at radius 2 is 1.43 bits per heavy atom. The summed E-state index contributed by atoms with van der Waals surface area (Å²) in [6, 6.07) is 7.31. The first kappa shape index (κ1) is 25.0. The van der Waals surface area contributed by atoms with Crippen LogP contribution >= 0.6 is 11.3 Å². The van der Waals surface area contributed by atoms with Crippen LogP contribution in [0.1, 0.15) is 30.0 Å². The first-order chi connectivity index (χ1) is 16.5. The minimum atomic E-state index is -5.32. The summed E-state index contributed by atoms with van der Waals surface area (Å²) in [7, 11) is 0. The molecule has 0 amide bonds. The van der Waals surface area contributed by atoms with Gasteiger partial charge < -0.3 is 4.74 Å². The van der Waals surface area contributed by atoms with Gasteiger partial charge in [0.25, 0.3) is 0 Å². The van der Waals surface area contributed by atoms with Crippen molar-refractivity contribution in [3.05, 3.63) is 88.2 Å². The molecular weight excluding hydrogens is 500 g/mol. The van der Waals surface area contributed by atoms with E-state index in [1.807, 2.05) is 19.1 Å². The summed E-state index contributed by atoms with van der Waals surface area (Å²) in [6.45, 7) is 1.59. The second kappa shape index (κ2) is 9.49. The van der Waals surface area contributed by atoms with E-state index in [-0.39, 0.29) is 22.8 Å². The largest absolute Gasteiger partial charge is 0.477 e. The number of hydrogen-bond acceptors (Lipinski definition) is 2. The van der Waals surface area contributed by atoms with Crippen molar-refractivity contribution in [2.45, 2.75) is 32.5 Å². The van der Waals surface area contributed by atoms with E-state index in [2.05, 4.69) is 0 Å². The zero-order valence-electron chi connectivity index (χ0n) is 18.0. The standard InChI is InChI=1S/C25H16F8OS/c1-2-3-12-4-5-15-20(8-12)35-24(23(15)30)34-11-13-6-16(26)21(17(27)7-13)14-9-18(28)22(19(29)10-14)25(31,32)33/h4-10H,2-3,11H2,1H3. The van der Waals surface area contributed by atoms with Gasteiger partial charge in [0.05, 0.1) is 5.56 Å². The smallest absolute Gasteiger partial charge is 0.422 e. The number of benzene rings is 3. The maximum Gasteiger partial charge on any atom is 0.422 e. The van der Waals surface area contributed by atoms with Gasteiger partial charge >= 0.3 is 6.18 Å². The molecule has 1 aromatic heterocycles. The van der Waals surface area contributed by atoms with Crippen molar-refractivity contribution in [2.24, 2.45) is 0 Å². The number of fused-ring (bicyclic) bond motifs is 1. The third-order valence-electron chi connectivity index (χ3n) is 5.29. The first-order valence-corrected chi connectivity index (χ1v) is 11.2. The second-order valence-corrected chi connectivity index (χ2v) is 8.83. The van der Waals surface area contributed by atoms with E-state index in [4.69, 9.17) is 4.74 Å². The van der Waals surface area contributed by atoms with E-state index in [9.17, 15) is 35.1 Å². The van der Waals surface area contributed by atoms with Gasteiger partial charge in [0.2, 0.25) is 5.06 Å². The van der Waals surface area contributed by atoms with Gasteiger partial charge in [-0.15, -0.1) is 0 Å². The minimum Gasteiger partial charge on any atom is -0.477 e. The zero-order valence-corrected chi connectivity index (χ0v) is 18.8. The van der Waals surface area contributed by atoms with Crippen LogP contribution in [-0.4, -0.2) is 0 Å². The molecule has 3 aromatic carbocycles. The highest BCUT2D eigenvalue weighted by atomic mass is 32.1. The Morgan fingerprint density at radius 1 is 0.800 bits per heavy atom. The predicted molar refractivity (Wildman–Crippen MR) is 117 cm³/mol. The summed E-state index contributed by atoms with van der Waals surface area (Å²) in [6.07, 6.45) is -3.57. The minimum absolute atomic E-state index is 0.0554. The Hall–Kier alpha value is -3.14. The van der Waals surface area contributed by atoms with Crippen molar-refractivity contribution in [1.29, 1.82) is 0 Å². The summed E-state index contributed by atoms with van der Waals surface area (Å²) in [5, 5.41) is 0.273. The molecule has 0 aliphatic rings. The summed E-state index contributed by atoms with van der Waals surface area (Å²) in [4.78, 5) is 0. The van der Waals surface area contributed by atoms with Crippen molar-refractivity contribution in [3.8, 4) is 16.2 Å². The summed E-state index contributed by atoms with van der Waals surface area (Å²) >= 11 is 1.04. The average molecular weight is 516 g/mol. The van der Waals surface area contributed by atoms with Gasteiger partial charge in [0.15, 0.2) is 5.82 Å². The summed E-state index contributed by atoms with van der Waals surface area (Å²) in [5.74, 6) is -7.16. The SMILES string of the molecule is CCCc1ccc2c(F)c(OCc3cc(F)c(-c4cc(F)c(C(F)(F)F)c(F)c4)c(F)c3)sc2c1. The molecule has 0 spiro atoms. The maximum absolute atomic E-state index is 14.7. The number of aryl methyl sites for hydroxylation is 1. The molecular formula is C25H16F8OS. The fourth-order valence-corrected chi connectivity index (χ4v) is 4.74. The van der Waals surface area contributed by atoms with Crippen LogP contribution in [0, 0.1) is 29.1 Å². The van der Waals surface area contributed by atoms with Crippen molar-refractivity contribution >= 4 is 21.4 Å². The molecule has 0 aliphatic carbocycles. The monoisotopic (exact) mass is 516 g/mol. The highest BCUT2D eigenvalue weighted by Crippen LogP contribution is 2.39. The molecule has 0 N–H and O–H groups in total. The number of halogens is 8. The summed E-state index contributed by atoms with van der Waals surface area (Å²) < 4.78 is 116. The fraction of sp³-hybridized carbons (Fsp3) is 0.200. The topological polar surface area (TPSA) is 9.23 Å². The number of alkyl halides is 3. The van der Waals surface area contributed by atoms with Gasteiger partial charge in [-0.25, -0.2) is 22.0 Å². The molecule has 0 unspecified atom stereocenters. The van der Waals surface area contributed by atoms with Gasteiger partial charge in [0.1, 0.15) is 35.4 Å². The molecule has 0 atom stereocenters. The third-order valence-corrected chi connectivity index (χ3v) is 6.33. The van der Waals surface area contributed by atoms with Gasteiger partial charge in [0, 0.05) is 10.1 Å². The lowest BCUT2D eigenvalue weighted by Crippen LogP contribution is -2.11. The first-order valence-electron chi connectivity index (χ1n) is 10.4. The molecule has 0 saturated carbocycles. The van der Waals surface area contributed by atoms with E-state index < -0.39 is 58.6 Å². The Bertz CT molecular complexity index is 1360. The molecule has 0 aliphatic heterocycles. The van der Waals surface area contributed by atoms with Crippen LogP contribution in [0.2, 0.25) is 0 Å². The van der Waals surface area contributed by atoms with Crippen LogP contribution < -0.4 is 4.74 Å². The average Bonchev–Trinajstić information content (AvgIpc) is 3.05. The summed E-state index contributed by atoms with van der Waals surface area (Å²) in [5.41, 5.74) is -2.83. The molecule has 1 nitrogen and oxygen atoms in total. The maximum atomic E-state index is 14.7. The van der Waals surface area contributed by atoms with Gasteiger partial charge in [-0.05, 0) is 53.4 Å². The van der Waals surface area contributed by atoms with Gasteiger partial charge in [-0.1, -0.05) is 36.8 Å². The van der Waals surface area contributed by atoms with Crippen LogP contribution in [-0.2, 0) is 19.2 Å². The van der Waals surface area contributed by atoms with Crippen LogP contribution in [0.3, 0.4) is 0 Å². The van der Waals surface area contributed by atoms with Crippen molar-refractivity contribution in [1.82, 2.24) is 0 Å². The number of rotatable bonds is 6. The lowest BCUT2D eigenvalue weighted by atomic mass is 10.00. The van der Waals surface area contributed by atoms with Crippen molar-refractivity contribution in [2.75, 3.05) is 0 Å². The third kappa shape index (κ3) is 4.98. The normalized spacial score (nSPS) is 11.9. The van der Waals surface area contributed by atoms with Crippen LogP contribution in [0.4, 0.5) is 35.1 Å². The van der Waals surface area contributed by atoms with E-state index in [0.29, 0.717) is 10.1 Å². The van der Waals surface area contributed by atoms with Crippen molar-refractivity contribution < 1.29 is 39.9 Å². The Morgan fingerprint density at radius 3 is 2.00 bits per heavy atom. The number of ether oxygens (including phenoxy) is 1. The number of hydrogen-bond donors (Lipinski definition) is 0. The molecule has 0 fully saturated rings. The Labute approximate surface area is 198 Å². The highest BCUT2D eigenvalue weighted by molar-refractivity contribution is 7.20. The van der Waals surface area contributed by atoms with Gasteiger partial charge in [-0.2, -0.15) is 13.2 Å². The molecule has 4 rings (SSSR count). The molecule has 0 radical (unpaired) electrons. The lowest BCUT2D eigenvalue weighted by molar-refractivity contribution is -0.142. The highest BCUT2D eigenvalue weighted by Gasteiger charge is 2.38. The molecule has 184 valence electrons. The van der Waals surface area contributed by atoms with Crippen LogP contribution in [0.15, 0.2) is 42.5 Å². The van der Waals surface area contributed by atoms with Crippen LogP contribution in [0.25, 0.3) is 21.2 Å². The fourth-order valence-electron chi connectivity index (χ4n) is 3.75. The molecule has 1 heterocycles. The second-order valence-electron chi connectivity index (χ2n) is 7.82. The predicted octanol–water partition coefficient (Wildman–Crippen LogP) is 8.81.